The fourth-order valence-corrected chi connectivity index (χ4v) is 1.55. The van der Waals surface area contributed by atoms with Gasteiger partial charge >= 0.3 is 0 Å². The lowest BCUT2D eigenvalue weighted by Gasteiger charge is -2.13. The molecular formula is C14H13F3N2O2. The fourth-order valence-electron chi connectivity index (χ4n) is 1.55. The molecule has 0 spiro atoms. The first-order chi connectivity index (χ1) is 10.0. The van der Waals surface area contributed by atoms with Crippen molar-refractivity contribution in [1.82, 2.24) is 4.98 Å². The molecule has 0 radical (unpaired) electrons. The highest BCUT2D eigenvalue weighted by Crippen LogP contribution is 2.15. The van der Waals surface area contributed by atoms with Gasteiger partial charge in [-0.2, -0.15) is 4.39 Å². The van der Waals surface area contributed by atoms with Crippen LogP contribution in [0.5, 0.6) is 5.75 Å². The maximum atomic E-state index is 12.9. The minimum absolute atomic E-state index is 0.0696. The van der Waals surface area contributed by atoms with Crippen molar-refractivity contribution < 1.29 is 23.0 Å². The summed E-state index contributed by atoms with van der Waals surface area (Å²) in [4.78, 5) is 3.56. The molecule has 4 nitrogen and oxygen atoms in total. The molecule has 0 unspecified atom stereocenters. The van der Waals surface area contributed by atoms with Crippen molar-refractivity contribution in [2.45, 2.75) is 6.10 Å². The number of nitrogens with one attached hydrogen (secondary N) is 1. The van der Waals surface area contributed by atoms with E-state index in [0.29, 0.717) is 0 Å². The van der Waals surface area contributed by atoms with Crippen molar-refractivity contribution >= 4 is 5.82 Å². The fraction of sp³-hybridized carbons (Fsp3) is 0.214. The van der Waals surface area contributed by atoms with E-state index in [0.717, 1.165) is 12.1 Å². The number of rotatable bonds is 6. The van der Waals surface area contributed by atoms with Crippen molar-refractivity contribution in [3.8, 4) is 5.75 Å². The van der Waals surface area contributed by atoms with Crippen LogP contribution in [-0.2, 0) is 0 Å². The summed E-state index contributed by atoms with van der Waals surface area (Å²) in [7, 11) is 0. The van der Waals surface area contributed by atoms with Crippen LogP contribution in [-0.4, -0.2) is 29.3 Å². The van der Waals surface area contributed by atoms with Gasteiger partial charge in [-0.3, -0.25) is 0 Å². The summed E-state index contributed by atoms with van der Waals surface area (Å²) in [5, 5.41) is 12.4. The standard InChI is InChI=1S/C14H13F3N2O2/c15-11-5-4-10(6-12(11)16)21-8-9(20)7-18-14-3-1-2-13(17)19-14/h1-6,9,20H,7-8H2,(H,18,19)/t9-/m1/s1. The van der Waals surface area contributed by atoms with Gasteiger partial charge in [-0.1, -0.05) is 6.07 Å². The normalized spacial score (nSPS) is 12.0. The Morgan fingerprint density at radius 2 is 1.95 bits per heavy atom. The number of aliphatic hydroxyl groups excluding tert-OH is 1. The Labute approximate surface area is 119 Å². The number of ether oxygens (including phenoxy) is 1. The second-order valence-corrected chi connectivity index (χ2v) is 4.27. The largest absolute Gasteiger partial charge is 0.491 e. The zero-order valence-corrected chi connectivity index (χ0v) is 10.9. The van der Waals surface area contributed by atoms with Crippen LogP contribution in [0.2, 0.25) is 0 Å². The first-order valence-corrected chi connectivity index (χ1v) is 6.17. The lowest BCUT2D eigenvalue weighted by Crippen LogP contribution is -2.26. The van der Waals surface area contributed by atoms with Crippen LogP contribution >= 0.6 is 0 Å². The molecule has 7 heteroatoms. The molecule has 0 fully saturated rings. The van der Waals surface area contributed by atoms with Crippen LogP contribution < -0.4 is 10.1 Å². The first kappa shape index (κ1) is 15.1. The average Bonchev–Trinajstić information content (AvgIpc) is 2.46. The molecule has 1 heterocycles. The zero-order valence-electron chi connectivity index (χ0n) is 10.9. The predicted octanol–water partition coefficient (Wildman–Crippen LogP) is 2.35. The monoisotopic (exact) mass is 298 g/mol. The van der Waals surface area contributed by atoms with Crippen LogP contribution in [0.1, 0.15) is 0 Å². The molecule has 21 heavy (non-hydrogen) atoms. The van der Waals surface area contributed by atoms with E-state index in [1.807, 2.05) is 0 Å². The predicted molar refractivity (Wildman–Crippen MR) is 70.5 cm³/mol. The van der Waals surface area contributed by atoms with E-state index in [-0.39, 0.29) is 24.7 Å². The average molecular weight is 298 g/mol. The summed E-state index contributed by atoms with van der Waals surface area (Å²) >= 11 is 0. The Morgan fingerprint density at radius 1 is 1.14 bits per heavy atom. The smallest absolute Gasteiger partial charge is 0.214 e. The maximum absolute atomic E-state index is 12.9. The Morgan fingerprint density at radius 3 is 2.67 bits per heavy atom. The molecule has 0 aliphatic heterocycles. The number of hydrogen-bond donors (Lipinski definition) is 2. The Kier molecular flexibility index (Phi) is 4.99. The minimum atomic E-state index is -1.02. The van der Waals surface area contributed by atoms with Gasteiger partial charge in [0.15, 0.2) is 11.6 Å². The summed E-state index contributed by atoms with van der Waals surface area (Å²) in [5.41, 5.74) is 0. The second kappa shape index (κ2) is 6.94. The highest BCUT2D eigenvalue weighted by molar-refractivity contribution is 5.33. The number of halogens is 3. The van der Waals surface area contributed by atoms with E-state index >= 15 is 0 Å². The van der Waals surface area contributed by atoms with Crippen molar-refractivity contribution in [1.29, 1.82) is 0 Å². The van der Waals surface area contributed by atoms with Gasteiger partial charge in [0.1, 0.15) is 24.3 Å². The maximum Gasteiger partial charge on any atom is 0.214 e. The number of aliphatic hydroxyl groups is 1. The van der Waals surface area contributed by atoms with Gasteiger partial charge in [0.2, 0.25) is 5.95 Å². The van der Waals surface area contributed by atoms with Crippen molar-refractivity contribution in [2.24, 2.45) is 0 Å². The summed E-state index contributed by atoms with van der Waals surface area (Å²) < 4.78 is 43.6. The van der Waals surface area contributed by atoms with Crippen LogP contribution in [0.3, 0.4) is 0 Å². The van der Waals surface area contributed by atoms with E-state index in [9.17, 15) is 18.3 Å². The van der Waals surface area contributed by atoms with Gasteiger partial charge in [0.25, 0.3) is 0 Å². The molecule has 2 rings (SSSR count). The van der Waals surface area contributed by atoms with Gasteiger partial charge in [0.05, 0.1) is 0 Å². The van der Waals surface area contributed by atoms with Gasteiger partial charge in [0, 0.05) is 12.6 Å². The van der Waals surface area contributed by atoms with Crippen molar-refractivity contribution in [2.75, 3.05) is 18.5 Å². The molecule has 0 bridgehead atoms. The van der Waals surface area contributed by atoms with Crippen molar-refractivity contribution in [3.63, 3.8) is 0 Å². The number of pyridine rings is 1. The number of benzene rings is 1. The number of hydrogen-bond acceptors (Lipinski definition) is 4. The third-order valence-electron chi connectivity index (χ3n) is 2.57. The van der Waals surface area contributed by atoms with Gasteiger partial charge in [-0.05, 0) is 24.3 Å². The van der Waals surface area contributed by atoms with Crippen LogP contribution in [0.25, 0.3) is 0 Å². The van der Waals surface area contributed by atoms with E-state index in [2.05, 4.69) is 10.3 Å². The SMILES string of the molecule is O[C@H](CNc1cccc(F)n1)COc1ccc(F)c(F)c1. The summed E-state index contributed by atoms with van der Waals surface area (Å²) in [6.45, 7) is -0.0620. The van der Waals surface area contributed by atoms with E-state index < -0.39 is 23.7 Å². The lowest BCUT2D eigenvalue weighted by molar-refractivity contribution is 0.117. The van der Waals surface area contributed by atoms with Crippen LogP contribution in [0.4, 0.5) is 19.0 Å². The summed E-state index contributed by atoms with van der Waals surface area (Å²) in [6.07, 6.45) is -0.928. The molecule has 0 aliphatic carbocycles. The molecular weight excluding hydrogens is 285 g/mol. The topological polar surface area (TPSA) is 54.4 Å². The minimum Gasteiger partial charge on any atom is -0.491 e. The third-order valence-corrected chi connectivity index (χ3v) is 2.57. The number of anilines is 1. The van der Waals surface area contributed by atoms with Gasteiger partial charge in [-0.25, -0.2) is 13.8 Å². The molecule has 0 saturated carbocycles. The Balaban J connectivity index is 1.79. The number of aromatic nitrogens is 1. The van der Waals surface area contributed by atoms with Gasteiger partial charge in [-0.15, -0.1) is 0 Å². The van der Waals surface area contributed by atoms with Crippen molar-refractivity contribution in [3.05, 3.63) is 54.0 Å². The summed E-state index contributed by atoms with van der Waals surface area (Å²) in [6, 6.07) is 7.32. The third kappa shape index (κ3) is 4.64. The van der Waals surface area contributed by atoms with E-state index in [4.69, 9.17) is 4.74 Å². The molecule has 0 amide bonds. The molecule has 0 aliphatic rings. The lowest BCUT2D eigenvalue weighted by atomic mass is 10.3. The summed E-state index contributed by atoms with van der Waals surface area (Å²) in [5.74, 6) is -2.24. The first-order valence-electron chi connectivity index (χ1n) is 6.17. The highest BCUT2D eigenvalue weighted by atomic mass is 19.2. The zero-order chi connectivity index (χ0) is 15.2. The highest BCUT2D eigenvalue weighted by Gasteiger charge is 2.08. The van der Waals surface area contributed by atoms with E-state index in [1.165, 1.54) is 18.2 Å². The number of nitrogens with zero attached hydrogens (tertiary/aromatic N) is 1. The molecule has 112 valence electrons. The Bertz CT molecular complexity index is 611. The molecule has 1 atom stereocenters. The molecule has 2 aromatic rings. The quantitative estimate of drug-likeness (QED) is 0.804. The molecule has 1 aromatic heterocycles. The van der Waals surface area contributed by atoms with Crippen LogP contribution in [0, 0.1) is 17.6 Å². The Hall–Kier alpha value is -2.28. The second-order valence-electron chi connectivity index (χ2n) is 4.27. The van der Waals surface area contributed by atoms with Crippen LogP contribution in [0.15, 0.2) is 36.4 Å². The van der Waals surface area contributed by atoms with E-state index in [1.54, 1.807) is 6.07 Å². The molecule has 2 N–H and O–H groups in total. The molecule has 0 saturated heterocycles. The molecule has 1 aromatic carbocycles. The van der Waals surface area contributed by atoms with Gasteiger partial charge < -0.3 is 15.2 Å².